The van der Waals surface area contributed by atoms with Crippen molar-refractivity contribution in [3.63, 3.8) is 0 Å². The second-order valence-electron chi connectivity index (χ2n) is 16.6. The van der Waals surface area contributed by atoms with Gasteiger partial charge in [0, 0.05) is 5.41 Å². The summed E-state index contributed by atoms with van der Waals surface area (Å²) >= 11 is 0. The van der Waals surface area contributed by atoms with Crippen molar-refractivity contribution in [1.29, 1.82) is 0 Å². The van der Waals surface area contributed by atoms with Crippen LogP contribution in [0.1, 0.15) is 383 Å². The first-order chi connectivity index (χ1) is 35.7. The highest BCUT2D eigenvalue weighted by Gasteiger charge is 2.39. The van der Waals surface area contributed by atoms with Gasteiger partial charge in [0.2, 0.25) is 0 Å². The largest absolute Gasteiger partial charge is 0.0738 e. The van der Waals surface area contributed by atoms with Crippen LogP contribution in [0, 0.1) is 10.8 Å². The molecule has 4 rings (SSSR count). The van der Waals surface area contributed by atoms with Crippen LogP contribution in [0.25, 0.3) is 5.57 Å². The van der Waals surface area contributed by atoms with Crippen molar-refractivity contribution in [2.24, 2.45) is 10.8 Å². The molecule has 0 saturated heterocycles. The van der Waals surface area contributed by atoms with E-state index in [-0.39, 0.29) is 0 Å². The van der Waals surface area contributed by atoms with Gasteiger partial charge < -0.3 is 0 Å². The van der Waals surface area contributed by atoms with Gasteiger partial charge in [-0.25, -0.2) is 0 Å². The van der Waals surface area contributed by atoms with E-state index in [0.29, 0.717) is 21.7 Å². The molecule has 0 heteroatoms. The van der Waals surface area contributed by atoms with E-state index >= 15 is 0 Å². The Balaban J connectivity index is -0.0000000613. The number of benzene rings is 2. The highest BCUT2D eigenvalue weighted by molar-refractivity contribution is 5.78. The molecule has 0 radical (unpaired) electrons. The average Bonchev–Trinajstić information content (AvgIpc) is 3.91. The first-order valence-electron chi connectivity index (χ1n) is 33.2. The van der Waals surface area contributed by atoms with Gasteiger partial charge in [0.05, 0.1) is 0 Å². The zero-order valence-corrected chi connectivity index (χ0v) is 60.3. The lowest BCUT2D eigenvalue weighted by Crippen LogP contribution is -2.24. The van der Waals surface area contributed by atoms with E-state index in [1.54, 1.807) is 22.3 Å². The van der Waals surface area contributed by atoms with Crippen molar-refractivity contribution in [3.8, 4) is 0 Å². The van der Waals surface area contributed by atoms with E-state index in [1.165, 1.54) is 113 Å². The van der Waals surface area contributed by atoms with Gasteiger partial charge in [-0.1, -0.05) is 352 Å². The Kier molecular flexibility index (Phi) is 105. The van der Waals surface area contributed by atoms with Crippen molar-refractivity contribution in [3.05, 3.63) is 88.0 Å². The molecule has 3 unspecified atom stereocenters. The summed E-state index contributed by atoms with van der Waals surface area (Å²) in [5.74, 6) is 0. The molecule has 0 N–H and O–H groups in total. The van der Waals surface area contributed by atoms with E-state index in [1.807, 2.05) is 166 Å². The first-order valence-corrected chi connectivity index (χ1v) is 33.2. The number of rotatable bonds is 14. The SMILES string of the molecule is CC.CC.CC.CC.CC.CC.CC.CC.CC.CC.CC.CC.CCCC(C)(CC)CC.CCCC(C)(CC)c1ccccc1.CCCC1(CC)C(C)=C(C)c2ccccc21.CCCC1(CC)CCC(C)=C1C. The molecule has 0 heterocycles. The normalized spacial score (nSPS) is 15.1. The highest BCUT2D eigenvalue weighted by atomic mass is 14.4. The molecule has 452 valence electrons. The summed E-state index contributed by atoms with van der Waals surface area (Å²) in [4.78, 5) is 0. The van der Waals surface area contributed by atoms with Crippen molar-refractivity contribution >= 4 is 5.57 Å². The molecule has 74 heavy (non-hydrogen) atoms. The number of allylic oxidation sites excluding steroid dienone is 4. The minimum atomic E-state index is 0.329. The van der Waals surface area contributed by atoms with Gasteiger partial charge in [-0.3, -0.25) is 0 Å². The summed E-state index contributed by atoms with van der Waals surface area (Å²) in [6.45, 7) is 82.7. The van der Waals surface area contributed by atoms with Gasteiger partial charge >= 0.3 is 0 Å². The molecule has 0 spiro atoms. The quantitative estimate of drug-likeness (QED) is 0.165. The molecule has 2 aromatic rings. The molecule has 0 aromatic heterocycles. The lowest BCUT2D eigenvalue weighted by atomic mass is 9.72. The lowest BCUT2D eigenvalue weighted by molar-refractivity contribution is 0.270. The summed E-state index contributed by atoms with van der Waals surface area (Å²) in [5.41, 5.74) is 12.9. The predicted molar refractivity (Wildman–Crippen MR) is 366 cm³/mol. The van der Waals surface area contributed by atoms with Crippen LogP contribution in [0.3, 0.4) is 0 Å². The minimum Gasteiger partial charge on any atom is -0.0738 e. The smallest absolute Gasteiger partial charge is 0.0168 e. The molecule has 0 aliphatic heterocycles. The fourth-order valence-electron chi connectivity index (χ4n) is 9.16. The maximum absolute atomic E-state index is 2.39. The summed E-state index contributed by atoms with van der Waals surface area (Å²) < 4.78 is 0. The van der Waals surface area contributed by atoms with Crippen LogP contribution in [0.4, 0.5) is 0 Å². The maximum atomic E-state index is 2.39. The van der Waals surface area contributed by atoms with Crippen LogP contribution in [0.2, 0.25) is 0 Å². The second-order valence-corrected chi connectivity index (χ2v) is 16.6. The van der Waals surface area contributed by atoms with E-state index in [9.17, 15) is 0 Å². The maximum Gasteiger partial charge on any atom is 0.0168 e. The van der Waals surface area contributed by atoms with Crippen LogP contribution in [-0.2, 0) is 10.8 Å². The lowest BCUT2D eigenvalue weighted by Gasteiger charge is -2.31. The fraction of sp³-hybridized carbons (Fsp3) is 0.784. The van der Waals surface area contributed by atoms with Gasteiger partial charge in [0.1, 0.15) is 0 Å². The van der Waals surface area contributed by atoms with Crippen molar-refractivity contribution in [2.75, 3.05) is 0 Å². The van der Waals surface area contributed by atoms with Crippen molar-refractivity contribution in [2.45, 2.75) is 377 Å². The molecular formula is C74H156. The fourth-order valence-corrected chi connectivity index (χ4v) is 9.16. The summed E-state index contributed by atoms with van der Waals surface area (Å²) in [6, 6.07) is 19.8. The van der Waals surface area contributed by atoms with E-state index in [0.717, 1.165) is 0 Å². The molecule has 0 bridgehead atoms. The Morgan fingerprint density at radius 3 is 1.07 bits per heavy atom. The number of hydrogen-bond acceptors (Lipinski definition) is 0. The third-order valence-electron chi connectivity index (χ3n) is 13.8. The Bertz CT molecular complexity index is 1290. The summed E-state index contributed by atoms with van der Waals surface area (Å²) in [7, 11) is 0. The third kappa shape index (κ3) is 41.1. The highest BCUT2D eigenvalue weighted by Crippen LogP contribution is 2.51. The molecule has 2 aliphatic carbocycles. The van der Waals surface area contributed by atoms with E-state index in [2.05, 4.69) is 158 Å². The van der Waals surface area contributed by atoms with Crippen molar-refractivity contribution in [1.82, 2.24) is 0 Å². The second kappa shape index (κ2) is 77.4. The Labute approximate surface area is 479 Å². The molecule has 0 nitrogen and oxygen atoms in total. The molecule has 0 fully saturated rings. The van der Waals surface area contributed by atoms with Gasteiger partial charge in [0.25, 0.3) is 0 Å². The topological polar surface area (TPSA) is 0 Å². The Hall–Kier alpha value is -2.08. The van der Waals surface area contributed by atoms with E-state index < -0.39 is 0 Å². The van der Waals surface area contributed by atoms with E-state index in [4.69, 9.17) is 0 Å². The van der Waals surface area contributed by atoms with Crippen LogP contribution >= 0.6 is 0 Å². The number of hydrogen-bond donors (Lipinski definition) is 0. The minimum absolute atomic E-state index is 0.329. The zero-order valence-electron chi connectivity index (χ0n) is 60.3. The third-order valence-corrected chi connectivity index (χ3v) is 13.8. The monoisotopic (exact) mass is 1050 g/mol. The van der Waals surface area contributed by atoms with Gasteiger partial charge in [-0.15, -0.1) is 0 Å². The molecule has 0 amide bonds. The van der Waals surface area contributed by atoms with Crippen LogP contribution < -0.4 is 0 Å². The number of fused-ring (bicyclic) bond motifs is 1. The molecule has 2 aliphatic rings. The van der Waals surface area contributed by atoms with Crippen LogP contribution in [0.15, 0.2) is 71.3 Å². The standard InChI is InChI=1S/C16H22.C13H20.C12H22.C9H20.12C2H6/c1-5-11-16(6-2)13(4)12(3)14-9-7-8-10-15(14)16;1-4-11-13(3,5-2)12-9-7-6-8-10-12;1-5-8-12(6-2)9-7-10(3)11(12)4;1-5-8-9(4,6-2)7-3;12*1-2/h7-10H,5-6,11H2,1-4H3;6-10H,4-5,11H2,1-3H3;5-9H2,1-4H3;5-8H2,1-4H3;12*1-2H3. The van der Waals surface area contributed by atoms with Crippen molar-refractivity contribution < 1.29 is 0 Å². The van der Waals surface area contributed by atoms with Crippen LogP contribution in [0.5, 0.6) is 0 Å². The zero-order chi connectivity index (χ0) is 62.0. The molecule has 3 atom stereocenters. The Morgan fingerprint density at radius 1 is 0.405 bits per heavy atom. The Morgan fingerprint density at radius 2 is 0.784 bits per heavy atom. The predicted octanol–water partition coefficient (Wildman–Crippen LogP) is 29.3. The molecule has 0 saturated carbocycles. The van der Waals surface area contributed by atoms with Crippen LogP contribution in [-0.4, -0.2) is 0 Å². The van der Waals surface area contributed by atoms with Gasteiger partial charge in [-0.05, 0) is 124 Å². The average molecular weight is 1050 g/mol. The summed E-state index contributed by atoms with van der Waals surface area (Å²) in [5, 5.41) is 0. The van der Waals surface area contributed by atoms with Gasteiger partial charge in [-0.2, -0.15) is 0 Å². The molecular weight excluding hydrogens is 889 g/mol. The summed E-state index contributed by atoms with van der Waals surface area (Å²) in [6.07, 6.45) is 19.7. The molecule has 2 aromatic carbocycles. The first kappa shape index (κ1) is 101. The van der Waals surface area contributed by atoms with Gasteiger partial charge in [0.15, 0.2) is 0 Å².